The van der Waals surface area contributed by atoms with Gasteiger partial charge >= 0.3 is 0 Å². The Hall–Kier alpha value is -2.08. The molecule has 0 atom stereocenters. The van der Waals surface area contributed by atoms with Gasteiger partial charge in [-0.05, 0) is 42.3 Å². The summed E-state index contributed by atoms with van der Waals surface area (Å²) in [5.74, 6) is 1.36. The fraction of sp³-hybridized carbons (Fsp3) is 0.368. The van der Waals surface area contributed by atoms with Gasteiger partial charge in [-0.2, -0.15) is 0 Å². The molecule has 5 heteroatoms. The first kappa shape index (κ1) is 18.3. The van der Waals surface area contributed by atoms with Crippen LogP contribution in [0.5, 0.6) is 11.5 Å². The molecule has 0 aliphatic carbocycles. The summed E-state index contributed by atoms with van der Waals surface area (Å²) < 4.78 is 10.7. The SMILES string of the molecule is CC(CO)(c1ccc(OCCO)cc1)c1ccc(OCCO)cc1. The zero-order valence-corrected chi connectivity index (χ0v) is 13.8. The summed E-state index contributed by atoms with van der Waals surface area (Å²) >= 11 is 0. The summed E-state index contributed by atoms with van der Waals surface area (Å²) in [6.07, 6.45) is 0. The highest BCUT2D eigenvalue weighted by molar-refractivity contribution is 5.42. The fourth-order valence-electron chi connectivity index (χ4n) is 2.51. The molecule has 0 aromatic heterocycles. The summed E-state index contributed by atoms with van der Waals surface area (Å²) in [4.78, 5) is 0. The normalized spacial score (nSPS) is 11.3. The molecule has 0 saturated carbocycles. The second-order valence-corrected chi connectivity index (χ2v) is 5.68. The molecular weight excluding hydrogens is 308 g/mol. The molecule has 0 radical (unpaired) electrons. The molecule has 0 heterocycles. The molecule has 0 bridgehead atoms. The average Bonchev–Trinajstić information content (AvgIpc) is 2.65. The maximum Gasteiger partial charge on any atom is 0.119 e. The van der Waals surface area contributed by atoms with Crippen LogP contribution < -0.4 is 9.47 Å². The van der Waals surface area contributed by atoms with Crippen LogP contribution in [0.4, 0.5) is 0 Å². The lowest BCUT2D eigenvalue weighted by atomic mass is 9.77. The van der Waals surface area contributed by atoms with Gasteiger partial charge in [0.05, 0.1) is 19.8 Å². The fourth-order valence-corrected chi connectivity index (χ4v) is 2.51. The van der Waals surface area contributed by atoms with E-state index in [4.69, 9.17) is 19.7 Å². The van der Waals surface area contributed by atoms with Gasteiger partial charge < -0.3 is 24.8 Å². The number of hydrogen-bond acceptors (Lipinski definition) is 5. The summed E-state index contributed by atoms with van der Waals surface area (Å²) in [7, 11) is 0. The molecule has 0 fully saturated rings. The van der Waals surface area contributed by atoms with Crippen molar-refractivity contribution in [1.29, 1.82) is 0 Å². The quantitative estimate of drug-likeness (QED) is 0.652. The monoisotopic (exact) mass is 332 g/mol. The maximum atomic E-state index is 9.98. The van der Waals surface area contributed by atoms with E-state index >= 15 is 0 Å². The largest absolute Gasteiger partial charge is 0.491 e. The van der Waals surface area contributed by atoms with Gasteiger partial charge in [-0.25, -0.2) is 0 Å². The minimum absolute atomic E-state index is 0.0270. The van der Waals surface area contributed by atoms with Crippen molar-refractivity contribution in [1.82, 2.24) is 0 Å². The highest BCUT2D eigenvalue weighted by atomic mass is 16.5. The van der Waals surface area contributed by atoms with E-state index in [0.717, 1.165) is 11.1 Å². The number of rotatable bonds is 9. The van der Waals surface area contributed by atoms with E-state index in [2.05, 4.69) is 0 Å². The average molecular weight is 332 g/mol. The molecule has 130 valence electrons. The maximum absolute atomic E-state index is 9.98. The van der Waals surface area contributed by atoms with E-state index < -0.39 is 5.41 Å². The van der Waals surface area contributed by atoms with E-state index in [9.17, 15) is 5.11 Å². The van der Waals surface area contributed by atoms with Crippen molar-refractivity contribution in [3.05, 3.63) is 59.7 Å². The molecule has 2 rings (SSSR count). The van der Waals surface area contributed by atoms with E-state index in [1.54, 1.807) is 0 Å². The lowest BCUT2D eigenvalue weighted by Crippen LogP contribution is -2.28. The Morgan fingerprint density at radius 1 is 0.708 bits per heavy atom. The van der Waals surface area contributed by atoms with Crippen molar-refractivity contribution in [3.8, 4) is 11.5 Å². The van der Waals surface area contributed by atoms with Crippen LogP contribution in [0.3, 0.4) is 0 Å². The third-order valence-electron chi connectivity index (χ3n) is 4.02. The van der Waals surface area contributed by atoms with Crippen LogP contribution >= 0.6 is 0 Å². The molecule has 5 nitrogen and oxygen atoms in total. The molecule has 0 aliphatic heterocycles. The first-order chi connectivity index (χ1) is 11.6. The lowest BCUT2D eigenvalue weighted by molar-refractivity contribution is 0.201. The van der Waals surface area contributed by atoms with Crippen molar-refractivity contribution in [2.75, 3.05) is 33.0 Å². The standard InChI is InChI=1S/C19H24O5/c1-19(14-22,15-2-6-17(7-3-15)23-12-10-20)16-4-8-18(9-5-16)24-13-11-21/h2-9,20-22H,10-14H2,1H3. The van der Waals surface area contributed by atoms with Gasteiger partial charge in [-0.15, -0.1) is 0 Å². The summed E-state index contributed by atoms with van der Waals surface area (Å²) in [6.45, 7) is 2.39. The molecule has 0 aliphatic rings. The van der Waals surface area contributed by atoms with Crippen LogP contribution in [0.15, 0.2) is 48.5 Å². The van der Waals surface area contributed by atoms with Crippen LogP contribution in [0.2, 0.25) is 0 Å². The second kappa shape index (κ2) is 8.68. The van der Waals surface area contributed by atoms with E-state index in [0.29, 0.717) is 11.5 Å². The van der Waals surface area contributed by atoms with Crippen molar-refractivity contribution in [3.63, 3.8) is 0 Å². The lowest BCUT2D eigenvalue weighted by Gasteiger charge is -2.29. The molecule has 0 unspecified atom stereocenters. The van der Waals surface area contributed by atoms with Crippen LogP contribution in [-0.4, -0.2) is 48.4 Å². The smallest absolute Gasteiger partial charge is 0.119 e. The predicted molar refractivity (Wildman–Crippen MR) is 91.6 cm³/mol. The number of hydrogen-bond donors (Lipinski definition) is 3. The van der Waals surface area contributed by atoms with E-state index in [-0.39, 0.29) is 33.0 Å². The molecule has 24 heavy (non-hydrogen) atoms. The van der Waals surface area contributed by atoms with Crippen molar-refractivity contribution in [2.24, 2.45) is 0 Å². The predicted octanol–water partition coefficient (Wildman–Crippen LogP) is 1.73. The molecule has 0 amide bonds. The van der Waals surface area contributed by atoms with E-state index in [1.807, 2.05) is 55.5 Å². The first-order valence-electron chi connectivity index (χ1n) is 7.93. The molecule has 0 saturated heterocycles. The summed E-state index contributed by atoms with van der Waals surface area (Å²) in [5.41, 5.74) is 1.38. The van der Waals surface area contributed by atoms with Gasteiger partial charge in [0, 0.05) is 5.41 Å². The van der Waals surface area contributed by atoms with Crippen LogP contribution in [0, 0.1) is 0 Å². The van der Waals surface area contributed by atoms with Gasteiger partial charge in [0.25, 0.3) is 0 Å². The van der Waals surface area contributed by atoms with Crippen LogP contribution in [-0.2, 0) is 5.41 Å². The zero-order chi connectivity index (χ0) is 17.4. The van der Waals surface area contributed by atoms with E-state index in [1.165, 1.54) is 0 Å². The third-order valence-corrected chi connectivity index (χ3v) is 4.02. The zero-order valence-electron chi connectivity index (χ0n) is 13.8. The Kier molecular flexibility index (Phi) is 6.61. The van der Waals surface area contributed by atoms with Gasteiger partial charge in [-0.1, -0.05) is 24.3 Å². The third kappa shape index (κ3) is 4.26. The molecule has 2 aromatic rings. The summed E-state index contributed by atoms with van der Waals surface area (Å²) in [5, 5.41) is 27.6. The highest BCUT2D eigenvalue weighted by Crippen LogP contribution is 2.33. The Morgan fingerprint density at radius 3 is 1.38 bits per heavy atom. The molecular formula is C19H24O5. The van der Waals surface area contributed by atoms with Gasteiger partial charge in [0.15, 0.2) is 0 Å². The molecule has 3 N–H and O–H groups in total. The van der Waals surface area contributed by atoms with Crippen LogP contribution in [0.25, 0.3) is 0 Å². The van der Waals surface area contributed by atoms with Crippen molar-refractivity contribution in [2.45, 2.75) is 12.3 Å². The molecule has 0 spiro atoms. The Morgan fingerprint density at radius 2 is 1.08 bits per heavy atom. The Bertz CT molecular complexity index is 555. The topological polar surface area (TPSA) is 79.2 Å². The summed E-state index contributed by atoms with van der Waals surface area (Å²) in [6, 6.07) is 15.0. The van der Waals surface area contributed by atoms with Crippen molar-refractivity contribution >= 4 is 0 Å². The number of aliphatic hydroxyl groups is 3. The van der Waals surface area contributed by atoms with Gasteiger partial charge in [0.1, 0.15) is 24.7 Å². The minimum atomic E-state index is -0.551. The number of ether oxygens (including phenoxy) is 2. The van der Waals surface area contributed by atoms with Gasteiger partial charge in [0.2, 0.25) is 0 Å². The molecule has 2 aromatic carbocycles. The number of aliphatic hydroxyl groups excluding tert-OH is 3. The highest BCUT2D eigenvalue weighted by Gasteiger charge is 2.28. The minimum Gasteiger partial charge on any atom is -0.491 e. The first-order valence-corrected chi connectivity index (χ1v) is 7.93. The Balaban J connectivity index is 2.20. The second-order valence-electron chi connectivity index (χ2n) is 5.68. The van der Waals surface area contributed by atoms with Crippen LogP contribution in [0.1, 0.15) is 18.1 Å². The van der Waals surface area contributed by atoms with Crippen molar-refractivity contribution < 1.29 is 24.8 Å². The number of benzene rings is 2. The van der Waals surface area contributed by atoms with Gasteiger partial charge in [-0.3, -0.25) is 0 Å². The Labute approximate surface area is 142 Å².